The molecule has 9 nitrogen and oxygen atoms in total. The first-order chi connectivity index (χ1) is 18.0. The Morgan fingerprint density at radius 1 is 0.842 bits per heavy atom. The first kappa shape index (κ1) is 29.0. The van der Waals surface area contributed by atoms with Gasteiger partial charge in [-0.3, -0.25) is 4.79 Å². The molecule has 0 aromatic heterocycles. The first-order valence-electron chi connectivity index (χ1n) is 12.2. The van der Waals surface area contributed by atoms with Crippen LogP contribution in [0.1, 0.15) is 38.8 Å². The topological polar surface area (TPSA) is 102 Å². The van der Waals surface area contributed by atoms with E-state index in [1.807, 2.05) is 13.0 Å². The summed E-state index contributed by atoms with van der Waals surface area (Å²) in [5.74, 6) is 2.04. The van der Waals surface area contributed by atoms with Crippen molar-refractivity contribution >= 4 is 6.29 Å². The molecule has 0 fully saturated rings. The Balaban J connectivity index is 2.67. The van der Waals surface area contributed by atoms with Gasteiger partial charge in [0, 0.05) is 22.3 Å². The lowest BCUT2D eigenvalue weighted by molar-refractivity contribution is -0.169. The monoisotopic (exact) mass is 530 g/mol. The van der Waals surface area contributed by atoms with Crippen molar-refractivity contribution in [2.75, 3.05) is 42.7 Å². The van der Waals surface area contributed by atoms with Gasteiger partial charge in [0.15, 0.2) is 28.6 Å². The molecule has 208 valence electrons. The van der Waals surface area contributed by atoms with Crippen molar-refractivity contribution in [3.8, 4) is 45.6 Å². The number of benzene rings is 2. The second-order valence-corrected chi connectivity index (χ2v) is 9.63. The molecule has 3 rings (SSSR count). The minimum absolute atomic E-state index is 0.341. The van der Waals surface area contributed by atoms with Gasteiger partial charge in [-0.1, -0.05) is 6.92 Å². The number of hydrogen-bond donors (Lipinski definition) is 1. The predicted molar refractivity (Wildman–Crippen MR) is 143 cm³/mol. The molecular formula is C29H38O9. The van der Waals surface area contributed by atoms with Gasteiger partial charge < -0.3 is 38.3 Å². The third kappa shape index (κ3) is 4.38. The number of aliphatic hydroxyl groups is 1. The Morgan fingerprint density at radius 2 is 1.34 bits per heavy atom. The minimum atomic E-state index is -1.45. The summed E-state index contributed by atoms with van der Waals surface area (Å²) in [6.07, 6.45) is 2.47. The van der Waals surface area contributed by atoms with Gasteiger partial charge in [0.25, 0.3) is 0 Å². The summed E-state index contributed by atoms with van der Waals surface area (Å²) < 4.78 is 41.0. The van der Waals surface area contributed by atoms with Gasteiger partial charge >= 0.3 is 0 Å². The van der Waals surface area contributed by atoms with Crippen LogP contribution in [0.3, 0.4) is 0 Å². The van der Waals surface area contributed by atoms with Gasteiger partial charge in [-0.25, -0.2) is 0 Å². The lowest BCUT2D eigenvalue weighted by Crippen LogP contribution is -2.54. The van der Waals surface area contributed by atoms with Gasteiger partial charge in [-0.15, -0.1) is 0 Å². The van der Waals surface area contributed by atoms with E-state index in [2.05, 4.69) is 0 Å². The molecule has 0 heterocycles. The normalized spacial score (nSPS) is 22.7. The van der Waals surface area contributed by atoms with Crippen LogP contribution < -0.4 is 28.4 Å². The molecule has 0 bridgehead atoms. The summed E-state index contributed by atoms with van der Waals surface area (Å²) in [6, 6.07) is 3.64. The zero-order chi connectivity index (χ0) is 28.4. The summed E-state index contributed by atoms with van der Waals surface area (Å²) in [6.45, 7) is 7.06. The number of methoxy groups -OCH3 is 6. The van der Waals surface area contributed by atoms with E-state index >= 15 is 0 Å². The van der Waals surface area contributed by atoms with E-state index in [0.717, 1.165) is 5.56 Å². The fraction of sp³-hybridized carbons (Fsp3) is 0.483. The molecule has 0 saturated carbocycles. The van der Waals surface area contributed by atoms with E-state index in [9.17, 15) is 9.90 Å². The van der Waals surface area contributed by atoms with Gasteiger partial charge in [-0.05, 0) is 50.8 Å². The zero-order valence-electron chi connectivity index (χ0n) is 23.8. The van der Waals surface area contributed by atoms with E-state index in [4.69, 9.17) is 33.2 Å². The van der Waals surface area contributed by atoms with E-state index < -0.39 is 11.2 Å². The third-order valence-corrected chi connectivity index (χ3v) is 7.62. The number of rotatable bonds is 9. The Morgan fingerprint density at radius 3 is 1.82 bits per heavy atom. The van der Waals surface area contributed by atoms with Crippen LogP contribution in [0.4, 0.5) is 0 Å². The number of ether oxygens (including phenoxy) is 7. The van der Waals surface area contributed by atoms with Gasteiger partial charge in [0.2, 0.25) is 11.5 Å². The Labute approximate surface area is 224 Å². The van der Waals surface area contributed by atoms with E-state index in [1.165, 1.54) is 34.7 Å². The largest absolute Gasteiger partial charge is 0.493 e. The highest BCUT2D eigenvalue weighted by atomic mass is 16.5. The van der Waals surface area contributed by atoms with E-state index in [1.54, 1.807) is 41.1 Å². The summed E-state index contributed by atoms with van der Waals surface area (Å²) in [5.41, 5.74) is 0.107. The van der Waals surface area contributed by atoms with Crippen molar-refractivity contribution in [3.05, 3.63) is 35.1 Å². The third-order valence-electron chi connectivity index (χ3n) is 7.62. The maximum absolute atomic E-state index is 12.2. The molecule has 1 N–H and O–H groups in total. The molecule has 2 aromatic carbocycles. The van der Waals surface area contributed by atoms with Gasteiger partial charge in [0.1, 0.15) is 11.9 Å². The minimum Gasteiger partial charge on any atom is -0.493 e. The molecule has 1 aliphatic rings. The molecule has 3 atom stereocenters. The number of carbonyl (C=O) groups is 1. The highest BCUT2D eigenvalue weighted by Gasteiger charge is 2.54. The fourth-order valence-electron chi connectivity index (χ4n) is 5.12. The van der Waals surface area contributed by atoms with Crippen molar-refractivity contribution in [2.45, 2.75) is 45.3 Å². The quantitative estimate of drug-likeness (QED) is 0.281. The SMILES string of the molecule is COc1cc2c(c(OC)c1OC)-c1c(cc(OC)c(OC)c1OC)[C@@](C)(O/C=C(/C)C=O)[C@@](C)(O)[C@@H](C)C2. The Bertz CT molecular complexity index is 1230. The van der Waals surface area contributed by atoms with E-state index in [-0.39, 0.29) is 5.92 Å². The molecule has 38 heavy (non-hydrogen) atoms. The van der Waals surface area contributed by atoms with Crippen LogP contribution in [-0.4, -0.2) is 59.7 Å². The van der Waals surface area contributed by atoms with Gasteiger partial charge in [-0.2, -0.15) is 0 Å². The number of allylic oxidation sites excluding steroid dienone is 1. The molecule has 0 amide bonds. The molecular weight excluding hydrogens is 492 g/mol. The molecule has 0 unspecified atom stereocenters. The molecule has 0 aliphatic heterocycles. The number of aldehydes is 1. The Kier molecular flexibility index (Phi) is 8.41. The summed E-state index contributed by atoms with van der Waals surface area (Å²) in [4.78, 5) is 11.4. The van der Waals surface area contributed by atoms with Crippen molar-refractivity contribution < 1.29 is 43.1 Å². The second-order valence-electron chi connectivity index (χ2n) is 9.63. The number of hydrogen-bond acceptors (Lipinski definition) is 9. The predicted octanol–water partition coefficient (Wildman–Crippen LogP) is 4.68. The maximum atomic E-state index is 12.2. The molecule has 0 saturated heterocycles. The van der Waals surface area contributed by atoms with E-state index in [0.29, 0.717) is 69.5 Å². The lowest BCUT2D eigenvalue weighted by Gasteiger charge is -2.48. The van der Waals surface area contributed by atoms with Crippen molar-refractivity contribution in [3.63, 3.8) is 0 Å². The van der Waals surface area contributed by atoms with Crippen LogP contribution >= 0.6 is 0 Å². The summed E-state index contributed by atoms with van der Waals surface area (Å²) >= 11 is 0. The highest BCUT2D eigenvalue weighted by Crippen LogP contribution is 2.59. The van der Waals surface area contributed by atoms with Crippen LogP contribution in [0.25, 0.3) is 11.1 Å². The standard InChI is InChI=1S/C29H38O9/c1-16(14-30)15-38-29(4)19-13-21(33-6)25(35-8)27(37-10)23(19)22-18(11-17(2)28(29,3)31)12-20(32-5)24(34-7)26(22)36-9/h12-15,17,31H,11H2,1-10H3/b16-15-/t17-,28-,29+/m0/s1. The smallest absolute Gasteiger partial charge is 0.203 e. The molecule has 0 spiro atoms. The first-order valence-corrected chi connectivity index (χ1v) is 12.2. The summed E-state index contributed by atoms with van der Waals surface area (Å²) in [5, 5.41) is 12.2. The van der Waals surface area contributed by atoms with Crippen LogP contribution in [0.15, 0.2) is 24.0 Å². The lowest BCUT2D eigenvalue weighted by atomic mass is 9.66. The average Bonchev–Trinajstić information content (AvgIpc) is 2.92. The maximum Gasteiger partial charge on any atom is 0.203 e. The fourth-order valence-corrected chi connectivity index (χ4v) is 5.12. The molecule has 0 radical (unpaired) electrons. The van der Waals surface area contributed by atoms with Crippen LogP contribution in [0.2, 0.25) is 0 Å². The molecule has 1 aliphatic carbocycles. The van der Waals surface area contributed by atoms with Crippen molar-refractivity contribution in [2.24, 2.45) is 5.92 Å². The van der Waals surface area contributed by atoms with Crippen LogP contribution in [-0.2, 0) is 21.6 Å². The zero-order valence-corrected chi connectivity index (χ0v) is 23.8. The second kappa shape index (κ2) is 11.0. The van der Waals surface area contributed by atoms with Crippen LogP contribution in [0, 0.1) is 5.92 Å². The summed E-state index contributed by atoms with van der Waals surface area (Å²) in [7, 11) is 9.21. The molecule has 2 aromatic rings. The number of carbonyl (C=O) groups excluding carboxylic acids is 1. The average molecular weight is 531 g/mol. The van der Waals surface area contributed by atoms with Gasteiger partial charge in [0.05, 0.1) is 48.9 Å². The Hall–Kier alpha value is -3.59. The number of fused-ring (bicyclic) bond motifs is 3. The highest BCUT2D eigenvalue weighted by molar-refractivity contribution is 5.89. The molecule has 9 heteroatoms. The van der Waals surface area contributed by atoms with Crippen molar-refractivity contribution in [1.82, 2.24) is 0 Å². The van der Waals surface area contributed by atoms with Crippen LogP contribution in [0.5, 0.6) is 34.5 Å². The van der Waals surface area contributed by atoms with Crippen molar-refractivity contribution in [1.29, 1.82) is 0 Å².